The summed E-state index contributed by atoms with van der Waals surface area (Å²) in [6, 6.07) is 27.1. The number of amides is 2. The molecule has 1 heterocycles. The van der Waals surface area contributed by atoms with E-state index < -0.39 is 0 Å². The van der Waals surface area contributed by atoms with E-state index in [1.54, 1.807) is 42.5 Å². The minimum Gasteiger partial charge on any atom is -0.490 e. The van der Waals surface area contributed by atoms with Gasteiger partial charge in [-0.3, -0.25) is 14.4 Å². The average Bonchev–Trinajstić information content (AvgIpc) is 3.00. The minimum absolute atomic E-state index is 0.0275. The molecule has 0 saturated heterocycles. The quantitative estimate of drug-likeness (QED) is 0.141. The number of carbonyl (C=O) groups is 2. The number of carbonyl (C=O) groups excluding carboxylic acids is 2. The molecule has 9 heteroatoms. The summed E-state index contributed by atoms with van der Waals surface area (Å²) in [5, 5.41) is 8.00. The van der Waals surface area contributed by atoms with Gasteiger partial charge in [-0.15, -0.1) is 0 Å². The molecule has 9 nitrogen and oxygen atoms in total. The van der Waals surface area contributed by atoms with Crippen LogP contribution in [0.3, 0.4) is 0 Å². The largest absolute Gasteiger partial charge is 0.490 e. The lowest BCUT2D eigenvalue weighted by Crippen LogP contribution is -2.25. The number of nitrogens with zero attached hydrogens (tertiary/aromatic N) is 2. The van der Waals surface area contributed by atoms with Crippen LogP contribution in [0, 0.1) is 6.92 Å². The summed E-state index contributed by atoms with van der Waals surface area (Å²) >= 11 is 0. The summed E-state index contributed by atoms with van der Waals surface area (Å²) in [7, 11) is 0. The summed E-state index contributed by atoms with van der Waals surface area (Å²) in [6.07, 6.45) is 1.50. The van der Waals surface area contributed by atoms with Crippen molar-refractivity contribution in [2.75, 3.05) is 18.5 Å². The highest BCUT2D eigenvalue weighted by molar-refractivity contribution is 5.95. The maximum Gasteiger partial charge on any atom is 0.262 e. The van der Waals surface area contributed by atoms with Crippen molar-refractivity contribution in [3.05, 3.63) is 112 Å². The summed E-state index contributed by atoms with van der Waals surface area (Å²) in [5.41, 5.74) is 6.29. The zero-order valence-electron chi connectivity index (χ0n) is 23.3. The van der Waals surface area contributed by atoms with Crippen molar-refractivity contribution in [3.8, 4) is 11.5 Å². The predicted molar refractivity (Wildman–Crippen MR) is 164 cm³/mol. The number of para-hydroxylation sites is 2. The number of pyridine rings is 1. The molecule has 4 aromatic carbocycles. The van der Waals surface area contributed by atoms with Gasteiger partial charge in [0.1, 0.15) is 6.54 Å². The molecule has 5 rings (SSSR count). The van der Waals surface area contributed by atoms with Gasteiger partial charge in [0.2, 0.25) is 0 Å². The van der Waals surface area contributed by atoms with Gasteiger partial charge in [0.25, 0.3) is 11.8 Å². The summed E-state index contributed by atoms with van der Waals surface area (Å²) in [5.74, 6) is 0.212. The van der Waals surface area contributed by atoms with Crippen LogP contribution in [0.1, 0.15) is 18.1 Å². The molecular formula is C33H30N4O5. The van der Waals surface area contributed by atoms with Crippen LogP contribution < -0.4 is 25.6 Å². The summed E-state index contributed by atoms with van der Waals surface area (Å²) in [6.45, 7) is 4.00. The van der Waals surface area contributed by atoms with Gasteiger partial charge in [-0.1, -0.05) is 42.0 Å². The van der Waals surface area contributed by atoms with E-state index >= 15 is 0 Å². The van der Waals surface area contributed by atoms with Gasteiger partial charge >= 0.3 is 0 Å². The van der Waals surface area contributed by atoms with Crippen LogP contribution in [-0.4, -0.2) is 35.8 Å². The first-order valence-corrected chi connectivity index (χ1v) is 13.5. The van der Waals surface area contributed by atoms with Crippen molar-refractivity contribution < 1.29 is 19.1 Å². The van der Waals surface area contributed by atoms with Gasteiger partial charge in [-0.05, 0) is 74.0 Å². The van der Waals surface area contributed by atoms with E-state index in [9.17, 15) is 14.4 Å². The number of hydrogen-bond donors (Lipinski definition) is 2. The zero-order valence-corrected chi connectivity index (χ0v) is 23.3. The molecule has 0 atom stereocenters. The molecule has 0 unspecified atom stereocenters. The highest BCUT2D eigenvalue weighted by Gasteiger charge is 2.13. The third-order valence-electron chi connectivity index (χ3n) is 6.55. The van der Waals surface area contributed by atoms with Gasteiger partial charge < -0.3 is 19.4 Å². The lowest BCUT2D eigenvalue weighted by atomic mass is 10.1. The van der Waals surface area contributed by atoms with Crippen molar-refractivity contribution in [1.82, 2.24) is 9.99 Å². The number of ether oxygens (including phenoxy) is 2. The Labute approximate surface area is 242 Å². The number of aromatic nitrogens is 1. The van der Waals surface area contributed by atoms with Crippen LogP contribution in [-0.2, 0) is 16.1 Å². The fourth-order valence-electron chi connectivity index (χ4n) is 4.57. The highest BCUT2D eigenvalue weighted by atomic mass is 16.5. The molecule has 5 aromatic rings. The van der Waals surface area contributed by atoms with E-state index in [-0.39, 0.29) is 30.4 Å². The van der Waals surface area contributed by atoms with E-state index in [1.165, 1.54) is 6.21 Å². The Bertz CT molecular complexity index is 1780. The molecular weight excluding hydrogens is 532 g/mol. The molecule has 0 aliphatic carbocycles. The lowest BCUT2D eigenvalue weighted by Gasteiger charge is -2.14. The summed E-state index contributed by atoms with van der Waals surface area (Å²) < 4.78 is 13.2. The first-order valence-electron chi connectivity index (χ1n) is 13.5. The van der Waals surface area contributed by atoms with Crippen LogP contribution in [0.5, 0.6) is 11.5 Å². The molecule has 0 aliphatic heterocycles. The molecule has 2 N–H and O–H groups in total. The van der Waals surface area contributed by atoms with Gasteiger partial charge in [0.15, 0.2) is 23.5 Å². The number of aryl methyl sites for hydroxylation is 1. The van der Waals surface area contributed by atoms with Gasteiger partial charge in [-0.25, -0.2) is 5.43 Å². The summed E-state index contributed by atoms with van der Waals surface area (Å²) in [4.78, 5) is 38.2. The Morgan fingerprint density at radius 2 is 1.50 bits per heavy atom. The maximum absolute atomic E-state index is 12.9. The first kappa shape index (κ1) is 28.1. The van der Waals surface area contributed by atoms with Gasteiger partial charge in [-0.2, -0.15) is 5.10 Å². The Balaban J connectivity index is 1.25. The monoisotopic (exact) mass is 562 g/mol. The average molecular weight is 563 g/mol. The third kappa shape index (κ3) is 6.47. The Morgan fingerprint density at radius 3 is 2.17 bits per heavy atom. The van der Waals surface area contributed by atoms with Crippen molar-refractivity contribution in [2.24, 2.45) is 5.10 Å². The second-order valence-electron chi connectivity index (χ2n) is 9.58. The van der Waals surface area contributed by atoms with Crippen LogP contribution in [0.2, 0.25) is 0 Å². The van der Waals surface area contributed by atoms with E-state index in [0.717, 1.165) is 5.56 Å². The second-order valence-corrected chi connectivity index (χ2v) is 9.58. The number of nitrogens with one attached hydrogen (secondary N) is 2. The van der Waals surface area contributed by atoms with E-state index in [1.807, 2.05) is 66.9 Å². The van der Waals surface area contributed by atoms with E-state index in [0.29, 0.717) is 51.2 Å². The topological polar surface area (TPSA) is 111 Å². The molecule has 2 amide bonds. The number of rotatable bonds is 10. The maximum atomic E-state index is 12.9. The van der Waals surface area contributed by atoms with Crippen LogP contribution in [0.4, 0.5) is 5.69 Å². The minimum atomic E-state index is -0.352. The Kier molecular flexibility index (Phi) is 8.58. The van der Waals surface area contributed by atoms with E-state index in [2.05, 4.69) is 15.8 Å². The second kappa shape index (κ2) is 12.8. The molecule has 0 bridgehead atoms. The molecule has 0 radical (unpaired) electrons. The molecule has 1 aromatic heterocycles. The van der Waals surface area contributed by atoms with Crippen LogP contribution in [0.15, 0.2) is 101 Å². The van der Waals surface area contributed by atoms with Gasteiger partial charge in [0, 0.05) is 16.5 Å². The lowest BCUT2D eigenvalue weighted by molar-refractivity contribution is -0.121. The molecule has 0 aliphatic rings. The normalized spacial score (nSPS) is 11.1. The van der Waals surface area contributed by atoms with Gasteiger partial charge in [0.05, 0.1) is 23.9 Å². The van der Waals surface area contributed by atoms with Crippen molar-refractivity contribution in [3.63, 3.8) is 0 Å². The molecule has 0 saturated carbocycles. The van der Waals surface area contributed by atoms with Crippen molar-refractivity contribution in [1.29, 1.82) is 0 Å². The standard InChI is InChI=1S/C33H30N4O5/c1-3-41-30-18-23(14-17-29(30)42-21-32(39)35-24-15-12-22(2)13-16-24)19-34-36-31(38)20-37-27-10-6-4-8-25(27)33(40)26-9-5-7-11-28(26)37/h4-19H,3,20-21H2,1-2H3,(H,35,39)(H,36,38)/b34-19+. The Hall–Kier alpha value is -5.44. The number of anilines is 1. The zero-order chi connectivity index (χ0) is 29.5. The smallest absolute Gasteiger partial charge is 0.262 e. The van der Waals surface area contributed by atoms with Crippen LogP contribution >= 0.6 is 0 Å². The first-order chi connectivity index (χ1) is 20.4. The van der Waals surface area contributed by atoms with Crippen LogP contribution in [0.25, 0.3) is 21.8 Å². The van der Waals surface area contributed by atoms with E-state index in [4.69, 9.17) is 9.47 Å². The molecule has 0 spiro atoms. The van der Waals surface area contributed by atoms with Crippen molar-refractivity contribution in [2.45, 2.75) is 20.4 Å². The predicted octanol–water partition coefficient (Wildman–Crippen LogP) is 5.03. The third-order valence-corrected chi connectivity index (χ3v) is 6.55. The fraction of sp³-hybridized carbons (Fsp3) is 0.152. The Morgan fingerprint density at radius 1 is 0.833 bits per heavy atom. The number of hydrogen-bond acceptors (Lipinski definition) is 6. The molecule has 0 fully saturated rings. The van der Waals surface area contributed by atoms with Crippen molar-refractivity contribution >= 4 is 45.5 Å². The highest BCUT2D eigenvalue weighted by Crippen LogP contribution is 2.28. The SMILES string of the molecule is CCOc1cc(/C=N/NC(=O)Cn2c3ccccc3c(=O)c3ccccc32)ccc1OCC(=O)Nc1ccc(C)cc1. The fourth-order valence-corrected chi connectivity index (χ4v) is 4.57. The number of hydrazone groups is 1. The molecule has 42 heavy (non-hydrogen) atoms. The number of fused-ring (bicyclic) bond motifs is 2. The number of benzene rings is 4. The molecule has 212 valence electrons.